The van der Waals surface area contributed by atoms with Crippen molar-refractivity contribution in [2.24, 2.45) is 5.16 Å². The van der Waals surface area contributed by atoms with E-state index < -0.39 is 53.4 Å². The maximum absolute atomic E-state index is 13.1. The summed E-state index contributed by atoms with van der Waals surface area (Å²) in [6.07, 6.45) is 0.195. The van der Waals surface area contributed by atoms with E-state index in [0.717, 1.165) is 27.6 Å². The van der Waals surface area contributed by atoms with Gasteiger partial charge < -0.3 is 29.5 Å². The first-order valence-corrected chi connectivity index (χ1v) is 14.2. The van der Waals surface area contributed by atoms with Gasteiger partial charge in [0.15, 0.2) is 5.71 Å². The van der Waals surface area contributed by atoms with Crippen LogP contribution in [0.15, 0.2) is 32.3 Å². The van der Waals surface area contributed by atoms with E-state index in [1.165, 1.54) is 18.9 Å². The lowest BCUT2D eigenvalue weighted by molar-refractivity contribution is -0.150. The Morgan fingerprint density at radius 2 is 2.02 bits per heavy atom. The van der Waals surface area contributed by atoms with Gasteiger partial charge in [0, 0.05) is 11.5 Å². The molecule has 0 unspecified atom stereocenters. The fraction of sp³-hybridized carbons (Fsp3) is 0.455. The molecule has 0 radical (unpaired) electrons. The highest BCUT2D eigenvalue weighted by Gasteiger charge is 2.54. The minimum Gasteiger partial charge on any atom is -0.480 e. The molecule has 3 amide bonds. The minimum atomic E-state index is -1.35. The topological polar surface area (TPSA) is 254 Å². The number of oxime groups is 1. The predicted molar refractivity (Wildman–Crippen MR) is 146 cm³/mol. The van der Waals surface area contributed by atoms with Crippen LogP contribution in [0.4, 0.5) is 10.8 Å². The van der Waals surface area contributed by atoms with Gasteiger partial charge in [-0.15, -0.1) is 16.9 Å². The van der Waals surface area contributed by atoms with Crippen molar-refractivity contribution >= 4 is 65.1 Å². The third-order valence-electron chi connectivity index (χ3n) is 5.45. The molecule has 4 rings (SSSR count). The highest BCUT2D eigenvalue weighted by Crippen LogP contribution is 2.41. The Morgan fingerprint density at radius 1 is 1.28 bits per heavy atom. The molecule has 2 aliphatic rings. The molecule has 2 aromatic rings. The first-order valence-electron chi connectivity index (χ1n) is 12.2. The van der Waals surface area contributed by atoms with E-state index in [9.17, 15) is 29.1 Å². The highest BCUT2D eigenvalue weighted by atomic mass is 32.2. The number of tetrazole rings is 1. The maximum Gasteiger partial charge on any atom is 0.415 e. The number of rotatable bonds is 11. The van der Waals surface area contributed by atoms with Crippen LogP contribution in [0.2, 0.25) is 0 Å². The van der Waals surface area contributed by atoms with E-state index in [1.807, 2.05) is 0 Å². The number of β-lactam (4-membered cyclic amide) rings is 1. The van der Waals surface area contributed by atoms with Crippen LogP contribution < -0.4 is 10.6 Å². The molecule has 230 valence electrons. The van der Waals surface area contributed by atoms with Crippen molar-refractivity contribution in [3.05, 3.63) is 23.2 Å². The first kappa shape index (κ1) is 31.3. The number of carbonyl (C=O) groups excluding carboxylic acids is 3. The molecule has 21 heteroatoms. The number of carboxylic acid groups (broad SMARTS) is 2. The summed E-state index contributed by atoms with van der Waals surface area (Å²) in [6, 6.07) is -1.38. The van der Waals surface area contributed by atoms with Gasteiger partial charge in [0.1, 0.15) is 48.3 Å². The van der Waals surface area contributed by atoms with Crippen LogP contribution in [0.3, 0.4) is 0 Å². The van der Waals surface area contributed by atoms with Crippen molar-refractivity contribution in [3.8, 4) is 0 Å². The summed E-state index contributed by atoms with van der Waals surface area (Å²) in [4.78, 5) is 71.2. The second-order valence-corrected chi connectivity index (χ2v) is 11.8. The molecule has 4 heterocycles. The van der Waals surface area contributed by atoms with Crippen molar-refractivity contribution in [2.45, 2.75) is 49.5 Å². The Balaban J connectivity index is 1.44. The standard InChI is InChI=1S/C22H25N9O10S2/c1-22(2,3)41-21(38)25-19-23-10(6-40-19)12(27-39-4)15(34)24-13-16(35)31-14(18(36)37)9(7-42-17(13)31)8-43-20-26-28-29-30(20)5-11(32)33/h6,13,17H,5,7-8H2,1-4H3,(H,24,34)(H,32,33)(H,36,37)(H,23,25,38)/b27-12+/t13-,17-/m1/s1. The van der Waals surface area contributed by atoms with Crippen LogP contribution in [0, 0.1) is 0 Å². The molecule has 2 aromatic heterocycles. The molecule has 19 nitrogen and oxygen atoms in total. The molecule has 4 N–H and O–H groups in total. The molecule has 1 fully saturated rings. The smallest absolute Gasteiger partial charge is 0.415 e. The normalized spacial score (nSPS) is 18.5. The van der Waals surface area contributed by atoms with Crippen LogP contribution >= 0.6 is 23.5 Å². The molecular weight excluding hydrogens is 614 g/mol. The Hall–Kier alpha value is -4.66. The summed E-state index contributed by atoms with van der Waals surface area (Å²) in [7, 11) is 1.18. The molecule has 0 spiro atoms. The summed E-state index contributed by atoms with van der Waals surface area (Å²) < 4.78 is 11.3. The summed E-state index contributed by atoms with van der Waals surface area (Å²) >= 11 is 2.24. The first-order chi connectivity index (χ1) is 20.3. The van der Waals surface area contributed by atoms with E-state index >= 15 is 0 Å². The van der Waals surface area contributed by atoms with E-state index in [4.69, 9.17) is 19.1 Å². The Labute approximate surface area is 250 Å². The zero-order chi connectivity index (χ0) is 31.5. The number of aliphatic carboxylic acids is 2. The van der Waals surface area contributed by atoms with Crippen molar-refractivity contribution < 1.29 is 48.2 Å². The van der Waals surface area contributed by atoms with Gasteiger partial charge in [0.05, 0.1) is 0 Å². The average molecular weight is 640 g/mol. The highest BCUT2D eigenvalue weighted by molar-refractivity contribution is 8.01. The van der Waals surface area contributed by atoms with Crippen molar-refractivity contribution in [1.82, 2.24) is 35.4 Å². The summed E-state index contributed by atoms with van der Waals surface area (Å²) in [5.41, 5.74) is -1.14. The lowest BCUT2D eigenvalue weighted by atomic mass is 10.0. The average Bonchev–Trinajstić information content (AvgIpc) is 3.55. The summed E-state index contributed by atoms with van der Waals surface area (Å²) in [5.74, 6) is -3.79. The quantitative estimate of drug-likeness (QED) is 0.109. The number of aromatic nitrogens is 5. The van der Waals surface area contributed by atoms with Gasteiger partial charge in [-0.1, -0.05) is 16.9 Å². The predicted octanol–water partition coefficient (Wildman–Crippen LogP) is -0.0259. The van der Waals surface area contributed by atoms with Crippen molar-refractivity contribution in [2.75, 3.05) is 23.9 Å². The van der Waals surface area contributed by atoms with Crippen molar-refractivity contribution in [3.63, 3.8) is 0 Å². The minimum absolute atomic E-state index is 0.0681. The lowest BCUT2D eigenvalue weighted by Crippen LogP contribution is -2.71. The van der Waals surface area contributed by atoms with Crippen LogP contribution in [0.5, 0.6) is 0 Å². The van der Waals surface area contributed by atoms with Gasteiger partial charge in [-0.05, 0) is 36.8 Å². The number of ether oxygens (including phenoxy) is 1. The number of thioether (sulfide) groups is 2. The van der Waals surface area contributed by atoms with Gasteiger partial charge in [0.2, 0.25) is 5.16 Å². The fourth-order valence-electron chi connectivity index (χ4n) is 3.81. The van der Waals surface area contributed by atoms with Crippen molar-refractivity contribution in [1.29, 1.82) is 0 Å². The second kappa shape index (κ2) is 12.7. The van der Waals surface area contributed by atoms with Gasteiger partial charge in [0.25, 0.3) is 11.8 Å². The van der Waals surface area contributed by atoms with E-state index in [1.54, 1.807) is 20.8 Å². The number of carboxylic acids is 2. The summed E-state index contributed by atoms with van der Waals surface area (Å²) in [6.45, 7) is 4.52. The number of nitrogens with zero attached hydrogens (tertiary/aromatic N) is 7. The maximum atomic E-state index is 13.1. The third kappa shape index (κ3) is 7.23. The number of carbonyl (C=O) groups is 5. The zero-order valence-electron chi connectivity index (χ0n) is 23.0. The van der Waals surface area contributed by atoms with Crippen LogP contribution in [0.25, 0.3) is 0 Å². The van der Waals surface area contributed by atoms with Gasteiger partial charge >= 0.3 is 24.0 Å². The molecule has 0 bridgehead atoms. The second-order valence-electron chi connectivity index (χ2n) is 9.71. The molecule has 0 aliphatic carbocycles. The number of nitrogens with one attached hydrogen (secondary N) is 2. The molecule has 2 aliphatic heterocycles. The monoisotopic (exact) mass is 639 g/mol. The summed E-state index contributed by atoms with van der Waals surface area (Å²) in [5, 5.41) is 37.6. The third-order valence-corrected chi connectivity index (χ3v) is 7.83. The number of anilines is 1. The Morgan fingerprint density at radius 3 is 2.67 bits per heavy atom. The molecule has 1 saturated heterocycles. The number of amides is 3. The Kier molecular flexibility index (Phi) is 9.23. The van der Waals surface area contributed by atoms with Crippen LogP contribution in [-0.2, 0) is 35.3 Å². The largest absolute Gasteiger partial charge is 0.480 e. The number of fused-ring (bicyclic) bond motifs is 1. The fourth-order valence-corrected chi connectivity index (χ4v) is 6.17. The zero-order valence-corrected chi connectivity index (χ0v) is 24.6. The molecular formula is C22H25N9O10S2. The van der Waals surface area contributed by atoms with E-state index in [-0.39, 0.29) is 39.8 Å². The van der Waals surface area contributed by atoms with E-state index in [0.29, 0.717) is 5.57 Å². The van der Waals surface area contributed by atoms with Gasteiger partial charge in [-0.25, -0.2) is 19.6 Å². The Bertz CT molecular complexity index is 1510. The number of hydrogen-bond acceptors (Lipinski definition) is 15. The molecule has 0 aromatic carbocycles. The lowest BCUT2D eigenvalue weighted by Gasteiger charge is -2.49. The van der Waals surface area contributed by atoms with Crippen LogP contribution in [0.1, 0.15) is 26.5 Å². The number of hydrogen-bond donors (Lipinski definition) is 4. The molecule has 2 atom stereocenters. The molecule has 0 saturated carbocycles. The van der Waals surface area contributed by atoms with Gasteiger partial charge in [-0.3, -0.25) is 19.3 Å². The van der Waals surface area contributed by atoms with E-state index in [2.05, 4.69) is 36.3 Å². The molecule has 43 heavy (non-hydrogen) atoms. The SMILES string of the molecule is CO/N=C(/C(=O)N[C@@H]1C(=O)N2C(C(=O)O)=C(CSc3nnnn3CC(=O)O)CS[C@H]12)c1coc(NC(=O)OC(C)(C)C)n1. The number of oxazole rings is 1. The van der Waals surface area contributed by atoms with Crippen LogP contribution in [-0.4, -0.2) is 111 Å². The van der Waals surface area contributed by atoms with Gasteiger partial charge in [-0.2, -0.15) is 4.98 Å².